The van der Waals surface area contributed by atoms with Crippen LogP contribution in [0.1, 0.15) is 18.6 Å². The molecule has 0 radical (unpaired) electrons. The van der Waals surface area contributed by atoms with E-state index in [2.05, 4.69) is 20.2 Å². The second-order valence-electron chi connectivity index (χ2n) is 5.10. The normalized spacial score (nSPS) is 12.6. The largest absolute Gasteiger partial charge is 0.339 e. The maximum absolute atomic E-state index is 12.8. The van der Waals surface area contributed by atoms with Crippen LogP contribution in [0.5, 0.6) is 0 Å². The number of nitrogens with one attached hydrogen (secondary N) is 2. The van der Waals surface area contributed by atoms with Crippen LogP contribution in [0.2, 0.25) is 0 Å². The van der Waals surface area contributed by atoms with E-state index >= 15 is 0 Å². The highest BCUT2D eigenvalue weighted by Gasteiger charge is 2.15. The first-order valence-corrected chi connectivity index (χ1v) is 8.63. The van der Waals surface area contributed by atoms with E-state index in [1.54, 1.807) is 0 Å². The molecule has 0 aliphatic rings. The molecule has 0 aliphatic carbocycles. The Morgan fingerprint density at radius 3 is 2.58 bits per heavy atom. The summed E-state index contributed by atoms with van der Waals surface area (Å²) in [7, 11) is -1.84. The van der Waals surface area contributed by atoms with Crippen molar-refractivity contribution < 1.29 is 17.3 Å². The molecule has 134 valence electrons. The zero-order valence-corrected chi connectivity index (χ0v) is 15.0. The van der Waals surface area contributed by atoms with Crippen LogP contribution in [0.4, 0.5) is 4.39 Å². The molecule has 2 rings (SSSR count). The standard InChI is InChI=1S/C14H19FN4O3S.ClH/c1-10(16-2)9-13-18-14(22-19-13)7-8-17-23(20,21)12-5-3-11(15)4-6-12;/h3-6,10,16-17H,7-9H2,1-2H3;1H. The van der Waals surface area contributed by atoms with Gasteiger partial charge in [0, 0.05) is 25.4 Å². The second kappa shape index (κ2) is 9.07. The van der Waals surface area contributed by atoms with Crippen LogP contribution < -0.4 is 10.0 Å². The zero-order valence-electron chi connectivity index (χ0n) is 13.3. The molecule has 1 unspecified atom stereocenters. The van der Waals surface area contributed by atoms with Gasteiger partial charge in [-0.15, -0.1) is 12.4 Å². The smallest absolute Gasteiger partial charge is 0.240 e. The Morgan fingerprint density at radius 2 is 1.96 bits per heavy atom. The van der Waals surface area contributed by atoms with E-state index < -0.39 is 15.8 Å². The minimum Gasteiger partial charge on any atom is -0.339 e. The molecular weight excluding hydrogens is 359 g/mol. The van der Waals surface area contributed by atoms with Crippen LogP contribution in [0.25, 0.3) is 0 Å². The van der Waals surface area contributed by atoms with Gasteiger partial charge in [-0.2, -0.15) is 4.98 Å². The summed E-state index contributed by atoms with van der Waals surface area (Å²) in [5.41, 5.74) is 0. The van der Waals surface area contributed by atoms with Crippen molar-refractivity contribution in [3.8, 4) is 0 Å². The minimum absolute atomic E-state index is 0. The van der Waals surface area contributed by atoms with E-state index in [1.165, 1.54) is 12.1 Å². The summed E-state index contributed by atoms with van der Waals surface area (Å²) in [6.07, 6.45) is 0.905. The number of nitrogens with zero attached hydrogens (tertiary/aromatic N) is 2. The molecule has 0 amide bonds. The summed E-state index contributed by atoms with van der Waals surface area (Å²) >= 11 is 0. The Balaban J connectivity index is 0.00000288. The Kier molecular flexibility index (Phi) is 7.74. The molecule has 0 saturated carbocycles. The third-order valence-corrected chi connectivity index (χ3v) is 4.72. The molecular formula is C14H20ClFN4O3S. The average molecular weight is 379 g/mol. The van der Waals surface area contributed by atoms with Crippen molar-refractivity contribution in [2.24, 2.45) is 0 Å². The van der Waals surface area contributed by atoms with Crippen molar-refractivity contribution in [3.63, 3.8) is 0 Å². The Hall–Kier alpha value is -1.55. The molecule has 1 aromatic heterocycles. The molecule has 24 heavy (non-hydrogen) atoms. The third-order valence-electron chi connectivity index (χ3n) is 3.25. The molecule has 0 fully saturated rings. The van der Waals surface area contributed by atoms with Gasteiger partial charge in [-0.25, -0.2) is 17.5 Å². The summed E-state index contributed by atoms with van der Waals surface area (Å²) < 4.78 is 44.3. The lowest BCUT2D eigenvalue weighted by atomic mass is 10.2. The van der Waals surface area contributed by atoms with Gasteiger partial charge in [0.25, 0.3) is 0 Å². The highest BCUT2D eigenvalue weighted by Crippen LogP contribution is 2.09. The minimum atomic E-state index is -3.68. The number of sulfonamides is 1. The summed E-state index contributed by atoms with van der Waals surface area (Å²) in [6, 6.07) is 4.84. The third kappa shape index (κ3) is 5.82. The molecule has 0 spiro atoms. The number of aromatic nitrogens is 2. The van der Waals surface area contributed by atoms with Crippen LogP contribution in [-0.2, 0) is 22.9 Å². The van der Waals surface area contributed by atoms with Crippen molar-refractivity contribution in [2.45, 2.75) is 30.7 Å². The van der Waals surface area contributed by atoms with E-state index in [-0.39, 0.29) is 36.3 Å². The molecule has 10 heteroatoms. The molecule has 1 aromatic carbocycles. The first-order valence-electron chi connectivity index (χ1n) is 7.14. The fourth-order valence-electron chi connectivity index (χ4n) is 1.84. The Morgan fingerprint density at radius 1 is 1.29 bits per heavy atom. The average Bonchev–Trinajstić information content (AvgIpc) is 2.94. The Labute approximate surface area is 146 Å². The van der Waals surface area contributed by atoms with E-state index in [0.29, 0.717) is 18.1 Å². The van der Waals surface area contributed by atoms with Gasteiger partial charge in [-0.1, -0.05) is 5.16 Å². The van der Waals surface area contributed by atoms with Gasteiger partial charge in [0.1, 0.15) is 5.82 Å². The molecule has 1 heterocycles. The van der Waals surface area contributed by atoms with Gasteiger partial charge in [-0.05, 0) is 38.2 Å². The van der Waals surface area contributed by atoms with Crippen molar-refractivity contribution in [1.82, 2.24) is 20.2 Å². The molecule has 0 aliphatic heterocycles. The molecule has 2 aromatic rings. The highest BCUT2D eigenvalue weighted by molar-refractivity contribution is 7.89. The number of halogens is 2. The maximum atomic E-state index is 12.8. The number of hydrogen-bond acceptors (Lipinski definition) is 6. The molecule has 2 N–H and O–H groups in total. The van der Waals surface area contributed by atoms with Crippen LogP contribution in [0.3, 0.4) is 0 Å². The number of likely N-dealkylation sites (N-methyl/N-ethyl adjacent to an activating group) is 1. The van der Waals surface area contributed by atoms with Gasteiger partial charge < -0.3 is 9.84 Å². The van der Waals surface area contributed by atoms with E-state index in [1.807, 2.05) is 14.0 Å². The second-order valence-corrected chi connectivity index (χ2v) is 6.87. The SMILES string of the molecule is CNC(C)Cc1noc(CCNS(=O)(=O)c2ccc(F)cc2)n1.Cl. The lowest BCUT2D eigenvalue weighted by Crippen LogP contribution is -2.26. The lowest BCUT2D eigenvalue weighted by Gasteiger charge is -2.05. The lowest BCUT2D eigenvalue weighted by molar-refractivity contribution is 0.371. The summed E-state index contributed by atoms with van der Waals surface area (Å²) in [4.78, 5) is 4.21. The monoisotopic (exact) mass is 378 g/mol. The molecule has 7 nitrogen and oxygen atoms in total. The van der Waals surface area contributed by atoms with Gasteiger partial charge in [0.05, 0.1) is 4.90 Å². The fourth-order valence-corrected chi connectivity index (χ4v) is 2.87. The van der Waals surface area contributed by atoms with Gasteiger partial charge in [0.15, 0.2) is 5.82 Å². The van der Waals surface area contributed by atoms with Crippen LogP contribution >= 0.6 is 12.4 Å². The first kappa shape index (κ1) is 20.5. The number of benzene rings is 1. The van der Waals surface area contributed by atoms with Crippen molar-refractivity contribution in [3.05, 3.63) is 41.8 Å². The van der Waals surface area contributed by atoms with Crippen molar-refractivity contribution in [1.29, 1.82) is 0 Å². The zero-order chi connectivity index (χ0) is 16.9. The quantitative estimate of drug-likeness (QED) is 0.718. The van der Waals surface area contributed by atoms with Gasteiger partial charge in [0.2, 0.25) is 15.9 Å². The van der Waals surface area contributed by atoms with E-state index in [9.17, 15) is 12.8 Å². The number of rotatable bonds is 8. The molecule has 0 bridgehead atoms. The van der Waals surface area contributed by atoms with Crippen LogP contribution in [0, 0.1) is 5.82 Å². The van der Waals surface area contributed by atoms with E-state index in [4.69, 9.17) is 4.52 Å². The Bertz CT molecular complexity index is 737. The molecule has 0 saturated heterocycles. The fraction of sp³-hybridized carbons (Fsp3) is 0.429. The molecule has 1 atom stereocenters. The summed E-state index contributed by atoms with van der Waals surface area (Å²) in [6.45, 7) is 2.11. The predicted molar refractivity (Wildman–Crippen MR) is 89.1 cm³/mol. The van der Waals surface area contributed by atoms with E-state index in [0.717, 1.165) is 12.1 Å². The number of hydrogen-bond donors (Lipinski definition) is 2. The van der Waals surface area contributed by atoms with Crippen molar-refractivity contribution in [2.75, 3.05) is 13.6 Å². The summed E-state index contributed by atoms with van der Waals surface area (Å²) in [5.74, 6) is 0.450. The van der Waals surface area contributed by atoms with Crippen molar-refractivity contribution >= 4 is 22.4 Å². The predicted octanol–water partition coefficient (Wildman–Crippen LogP) is 1.30. The van der Waals surface area contributed by atoms with Gasteiger partial charge in [-0.3, -0.25) is 0 Å². The topological polar surface area (TPSA) is 97.1 Å². The first-order chi connectivity index (χ1) is 10.9. The maximum Gasteiger partial charge on any atom is 0.240 e. The van der Waals surface area contributed by atoms with Gasteiger partial charge >= 0.3 is 0 Å². The highest BCUT2D eigenvalue weighted by atomic mass is 35.5. The summed E-state index contributed by atoms with van der Waals surface area (Å²) in [5, 5.41) is 6.91. The van der Waals surface area contributed by atoms with Crippen LogP contribution in [-0.4, -0.2) is 38.2 Å². The van der Waals surface area contributed by atoms with Crippen LogP contribution in [0.15, 0.2) is 33.7 Å².